The molecule has 1 amide bonds. The average Bonchev–Trinajstić information content (AvgIpc) is 3.22. The highest BCUT2D eigenvalue weighted by atomic mass is 35.5. The van der Waals surface area contributed by atoms with Crippen LogP contribution in [0.1, 0.15) is 20.8 Å². The van der Waals surface area contributed by atoms with E-state index in [0.717, 1.165) is 11.1 Å². The molecule has 138 valence electrons. The van der Waals surface area contributed by atoms with Gasteiger partial charge in [-0.15, -0.1) is 11.3 Å². The smallest absolute Gasteiger partial charge is 0.329 e. The molecule has 1 unspecified atom stereocenters. The Morgan fingerprint density at radius 1 is 1.00 bits per heavy atom. The maximum Gasteiger partial charge on any atom is 0.329 e. The molecule has 0 aliphatic carbocycles. The van der Waals surface area contributed by atoms with Crippen molar-refractivity contribution in [2.75, 3.05) is 0 Å². The van der Waals surface area contributed by atoms with Crippen LogP contribution in [0.25, 0.3) is 0 Å². The fourth-order valence-electron chi connectivity index (χ4n) is 2.55. The molecule has 4 nitrogen and oxygen atoms in total. The summed E-state index contributed by atoms with van der Waals surface area (Å²) in [5.74, 6) is -0.788. The summed E-state index contributed by atoms with van der Waals surface area (Å²) in [4.78, 5) is 25.6. The Kier molecular flexibility index (Phi) is 6.63. The van der Waals surface area contributed by atoms with Crippen LogP contribution in [-0.2, 0) is 22.6 Å². The van der Waals surface area contributed by atoms with Gasteiger partial charge in [0.05, 0.1) is 4.88 Å². The first kappa shape index (κ1) is 19.1. The second-order valence-electron chi connectivity index (χ2n) is 5.89. The highest BCUT2D eigenvalue weighted by Crippen LogP contribution is 2.17. The fraction of sp³-hybridized carbons (Fsp3) is 0.143. The molecule has 0 saturated heterocycles. The van der Waals surface area contributed by atoms with E-state index in [4.69, 9.17) is 16.3 Å². The standard InChI is InChI=1S/C21H18ClNO3S/c22-17-10-5-4-9-16(17)14-26-21(25)18(13-15-7-2-1-3-8-15)23-20(24)19-11-6-12-27-19/h1-12,18H,13-14H2,(H,23,24). The first-order valence-corrected chi connectivity index (χ1v) is 9.67. The number of rotatable bonds is 7. The minimum atomic E-state index is -0.788. The van der Waals surface area contributed by atoms with Gasteiger partial charge in [-0.2, -0.15) is 0 Å². The van der Waals surface area contributed by atoms with Crippen LogP contribution in [0.4, 0.5) is 0 Å². The second kappa shape index (κ2) is 9.35. The summed E-state index contributed by atoms with van der Waals surface area (Å²) < 4.78 is 5.43. The van der Waals surface area contributed by atoms with E-state index in [0.29, 0.717) is 16.3 Å². The lowest BCUT2D eigenvalue weighted by atomic mass is 10.1. The third-order valence-electron chi connectivity index (χ3n) is 3.95. The fourth-order valence-corrected chi connectivity index (χ4v) is 3.36. The van der Waals surface area contributed by atoms with Gasteiger partial charge in [-0.3, -0.25) is 4.79 Å². The van der Waals surface area contributed by atoms with Crippen molar-refractivity contribution in [3.63, 3.8) is 0 Å². The zero-order chi connectivity index (χ0) is 19.1. The Bertz CT molecular complexity index is 897. The van der Waals surface area contributed by atoms with Gasteiger partial charge in [-0.1, -0.05) is 66.2 Å². The third-order valence-corrected chi connectivity index (χ3v) is 5.18. The van der Waals surface area contributed by atoms with E-state index in [9.17, 15) is 9.59 Å². The minimum Gasteiger partial charge on any atom is -0.459 e. The van der Waals surface area contributed by atoms with E-state index in [2.05, 4.69) is 5.32 Å². The lowest BCUT2D eigenvalue weighted by molar-refractivity contribution is -0.147. The lowest BCUT2D eigenvalue weighted by Crippen LogP contribution is -2.43. The Balaban J connectivity index is 1.70. The summed E-state index contributed by atoms with van der Waals surface area (Å²) in [7, 11) is 0. The van der Waals surface area contributed by atoms with Crippen molar-refractivity contribution in [3.8, 4) is 0 Å². The van der Waals surface area contributed by atoms with Gasteiger partial charge >= 0.3 is 5.97 Å². The molecule has 0 fully saturated rings. The van der Waals surface area contributed by atoms with Gasteiger partial charge in [0.25, 0.3) is 5.91 Å². The summed E-state index contributed by atoms with van der Waals surface area (Å²) >= 11 is 7.43. The van der Waals surface area contributed by atoms with Crippen molar-refractivity contribution < 1.29 is 14.3 Å². The quantitative estimate of drug-likeness (QED) is 0.596. The van der Waals surface area contributed by atoms with E-state index < -0.39 is 12.0 Å². The minimum absolute atomic E-state index is 0.0542. The molecular formula is C21H18ClNO3S. The number of amides is 1. The lowest BCUT2D eigenvalue weighted by Gasteiger charge is -2.18. The Morgan fingerprint density at radius 2 is 1.74 bits per heavy atom. The predicted molar refractivity (Wildman–Crippen MR) is 107 cm³/mol. The summed E-state index contributed by atoms with van der Waals surface area (Å²) in [6.07, 6.45) is 0.347. The van der Waals surface area contributed by atoms with Crippen LogP contribution in [0.3, 0.4) is 0 Å². The largest absolute Gasteiger partial charge is 0.459 e. The first-order chi connectivity index (χ1) is 13.1. The molecule has 6 heteroatoms. The topological polar surface area (TPSA) is 55.4 Å². The van der Waals surface area contributed by atoms with Crippen LogP contribution < -0.4 is 5.32 Å². The van der Waals surface area contributed by atoms with Gasteiger partial charge in [0.2, 0.25) is 0 Å². The molecule has 2 aromatic carbocycles. The number of hydrogen-bond acceptors (Lipinski definition) is 4. The zero-order valence-corrected chi connectivity index (χ0v) is 16.0. The third kappa shape index (κ3) is 5.42. The van der Waals surface area contributed by atoms with E-state index in [1.165, 1.54) is 11.3 Å². The van der Waals surface area contributed by atoms with Crippen LogP contribution in [-0.4, -0.2) is 17.9 Å². The van der Waals surface area contributed by atoms with Crippen molar-refractivity contribution in [2.45, 2.75) is 19.1 Å². The van der Waals surface area contributed by atoms with Gasteiger partial charge in [0, 0.05) is 17.0 Å². The van der Waals surface area contributed by atoms with Crippen molar-refractivity contribution in [3.05, 3.63) is 93.1 Å². The first-order valence-electron chi connectivity index (χ1n) is 8.42. The highest BCUT2D eigenvalue weighted by Gasteiger charge is 2.24. The molecule has 0 aliphatic heterocycles. The number of halogens is 1. The van der Waals surface area contributed by atoms with Crippen LogP contribution in [0.2, 0.25) is 5.02 Å². The van der Waals surface area contributed by atoms with Gasteiger partial charge in [0.1, 0.15) is 12.6 Å². The maximum atomic E-state index is 12.7. The molecule has 1 aromatic heterocycles. The number of thiophene rings is 1. The van der Waals surface area contributed by atoms with Crippen LogP contribution in [0, 0.1) is 0 Å². The van der Waals surface area contributed by atoms with E-state index in [1.807, 2.05) is 47.8 Å². The predicted octanol–water partition coefficient (Wildman–Crippen LogP) is 4.49. The molecule has 3 rings (SSSR count). The number of hydrogen-bond donors (Lipinski definition) is 1. The molecule has 27 heavy (non-hydrogen) atoms. The molecular weight excluding hydrogens is 382 g/mol. The van der Waals surface area contributed by atoms with E-state index in [1.54, 1.807) is 24.3 Å². The monoisotopic (exact) mass is 399 g/mol. The van der Waals surface area contributed by atoms with Crippen LogP contribution >= 0.6 is 22.9 Å². The molecule has 0 radical (unpaired) electrons. The molecule has 0 bridgehead atoms. The number of benzene rings is 2. The summed E-state index contributed by atoms with van der Waals surface area (Å²) in [6, 6.07) is 19.4. The number of carbonyl (C=O) groups excluding carboxylic acids is 2. The number of ether oxygens (including phenoxy) is 1. The van der Waals surface area contributed by atoms with Gasteiger partial charge in [-0.05, 0) is 23.1 Å². The number of carbonyl (C=O) groups is 2. The Morgan fingerprint density at radius 3 is 2.44 bits per heavy atom. The zero-order valence-electron chi connectivity index (χ0n) is 14.4. The summed E-state index contributed by atoms with van der Waals surface area (Å²) in [5.41, 5.74) is 1.65. The van der Waals surface area contributed by atoms with Gasteiger partial charge in [-0.25, -0.2) is 4.79 Å². The Labute approximate surface area is 166 Å². The SMILES string of the molecule is O=C(NC(Cc1ccccc1)C(=O)OCc1ccccc1Cl)c1cccs1. The van der Waals surface area contributed by atoms with Gasteiger partial charge in [0.15, 0.2) is 0 Å². The molecule has 0 saturated carbocycles. The van der Waals surface area contributed by atoms with Crippen LogP contribution in [0.5, 0.6) is 0 Å². The molecule has 1 atom stereocenters. The van der Waals surface area contributed by atoms with Crippen molar-refractivity contribution >= 4 is 34.8 Å². The summed E-state index contributed by atoms with van der Waals surface area (Å²) in [6.45, 7) is 0.0542. The van der Waals surface area contributed by atoms with Crippen LogP contribution in [0.15, 0.2) is 72.1 Å². The maximum absolute atomic E-state index is 12.7. The van der Waals surface area contributed by atoms with Crippen molar-refractivity contribution in [1.82, 2.24) is 5.32 Å². The molecule has 0 aliphatic rings. The molecule has 1 heterocycles. The number of nitrogens with one attached hydrogen (secondary N) is 1. The highest BCUT2D eigenvalue weighted by molar-refractivity contribution is 7.12. The average molecular weight is 400 g/mol. The second-order valence-corrected chi connectivity index (χ2v) is 7.25. The molecule has 1 N–H and O–H groups in total. The molecule has 3 aromatic rings. The summed E-state index contributed by atoms with van der Waals surface area (Å²) in [5, 5.41) is 5.13. The van der Waals surface area contributed by atoms with Crippen molar-refractivity contribution in [2.24, 2.45) is 0 Å². The van der Waals surface area contributed by atoms with E-state index >= 15 is 0 Å². The molecule has 0 spiro atoms. The van der Waals surface area contributed by atoms with E-state index in [-0.39, 0.29) is 12.5 Å². The number of esters is 1. The van der Waals surface area contributed by atoms with Crippen molar-refractivity contribution in [1.29, 1.82) is 0 Å². The Hall–Kier alpha value is -2.63. The van der Waals surface area contributed by atoms with Gasteiger partial charge < -0.3 is 10.1 Å². The normalized spacial score (nSPS) is 11.6.